The summed E-state index contributed by atoms with van der Waals surface area (Å²) in [6.07, 6.45) is 3.96. The van der Waals surface area contributed by atoms with Crippen molar-refractivity contribution >= 4 is 17.4 Å². The fourth-order valence-corrected chi connectivity index (χ4v) is 4.16. The van der Waals surface area contributed by atoms with Crippen molar-refractivity contribution in [2.45, 2.75) is 19.1 Å². The summed E-state index contributed by atoms with van der Waals surface area (Å²) in [5.74, 6) is -0.868. The molecule has 0 radical (unpaired) electrons. The minimum atomic E-state index is -0.695. The average molecular weight is 472 g/mol. The Kier molecular flexibility index (Phi) is 7.57. The van der Waals surface area contributed by atoms with Crippen LogP contribution >= 0.6 is 0 Å². The van der Waals surface area contributed by atoms with E-state index in [-0.39, 0.29) is 11.3 Å². The van der Waals surface area contributed by atoms with Crippen LogP contribution in [0.5, 0.6) is 5.75 Å². The van der Waals surface area contributed by atoms with Crippen LogP contribution in [0.25, 0.3) is 5.76 Å². The highest BCUT2D eigenvalue weighted by molar-refractivity contribution is 6.46. The van der Waals surface area contributed by atoms with Gasteiger partial charge >= 0.3 is 0 Å². The summed E-state index contributed by atoms with van der Waals surface area (Å²) in [6, 6.07) is 19.6. The zero-order chi connectivity index (χ0) is 24.8. The first kappa shape index (κ1) is 24.2. The predicted molar refractivity (Wildman–Crippen MR) is 134 cm³/mol. The summed E-state index contributed by atoms with van der Waals surface area (Å²) in [7, 11) is 3.92. The van der Waals surface area contributed by atoms with Gasteiger partial charge in [-0.1, -0.05) is 36.4 Å². The van der Waals surface area contributed by atoms with Crippen molar-refractivity contribution in [3.05, 3.63) is 101 Å². The van der Waals surface area contributed by atoms with Crippen LogP contribution in [0.3, 0.4) is 0 Å². The topological polar surface area (TPSA) is 83.0 Å². The van der Waals surface area contributed by atoms with Crippen molar-refractivity contribution in [1.82, 2.24) is 14.8 Å². The first-order valence-corrected chi connectivity index (χ1v) is 11.6. The highest BCUT2D eigenvalue weighted by Crippen LogP contribution is 2.39. The van der Waals surface area contributed by atoms with Gasteiger partial charge in [0.15, 0.2) is 0 Å². The van der Waals surface area contributed by atoms with E-state index in [0.717, 1.165) is 12.1 Å². The normalized spacial score (nSPS) is 17.2. The molecule has 1 amide bonds. The quantitative estimate of drug-likeness (QED) is 0.288. The standard InChI is InChI=1S/C28H29N3O4/c1-30(2)16-7-17-31-25(22-10-6-15-29-18-22)24(27(33)28(31)34)26(32)21-11-13-23(14-12-21)35-19-20-8-4-3-5-9-20/h3-6,8-15,18,25,32H,7,16-17,19H2,1-2H3/b26-24-/t25-/m1/s1. The van der Waals surface area contributed by atoms with Crippen LogP contribution in [0.2, 0.25) is 0 Å². The van der Waals surface area contributed by atoms with Crippen molar-refractivity contribution in [3.8, 4) is 5.75 Å². The number of aliphatic hydroxyl groups excluding tert-OH is 1. The molecule has 0 aliphatic carbocycles. The number of nitrogens with zero attached hydrogens (tertiary/aromatic N) is 3. The van der Waals surface area contributed by atoms with Crippen LogP contribution in [-0.2, 0) is 16.2 Å². The summed E-state index contributed by atoms with van der Waals surface area (Å²) in [5.41, 5.74) is 2.24. The monoisotopic (exact) mass is 471 g/mol. The van der Waals surface area contributed by atoms with Gasteiger partial charge in [-0.2, -0.15) is 0 Å². The van der Waals surface area contributed by atoms with E-state index < -0.39 is 17.7 Å². The summed E-state index contributed by atoms with van der Waals surface area (Å²) >= 11 is 0. The number of amides is 1. The molecule has 2 heterocycles. The maximum atomic E-state index is 13.1. The Balaban J connectivity index is 1.61. The summed E-state index contributed by atoms with van der Waals surface area (Å²) in [6.45, 7) is 1.59. The number of carbonyl (C=O) groups is 2. The van der Waals surface area contributed by atoms with Gasteiger partial charge in [-0.25, -0.2) is 0 Å². The van der Waals surface area contributed by atoms with E-state index in [0.29, 0.717) is 36.4 Å². The smallest absolute Gasteiger partial charge is 0.295 e. The lowest BCUT2D eigenvalue weighted by atomic mass is 9.96. The molecular formula is C28H29N3O4. The van der Waals surface area contributed by atoms with E-state index >= 15 is 0 Å². The van der Waals surface area contributed by atoms with Gasteiger partial charge < -0.3 is 19.6 Å². The third-order valence-electron chi connectivity index (χ3n) is 5.92. The molecular weight excluding hydrogens is 442 g/mol. The largest absolute Gasteiger partial charge is 0.507 e. The molecule has 1 fully saturated rings. The first-order chi connectivity index (χ1) is 17.0. The molecule has 0 spiro atoms. The van der Waals surface area contributed by atoms with Crippen LogP contribution in [0, 0.1) is 0 Å². The number of ether oxygens (including phenoxy) is 1. The molecule has 1 atom stereocenters. The number of benzene rings is 2. The molecule has 180 valence electrons. The lowest BCUT2D eigenvalue weighted by Crippen LogP contribution is -2.32. The highest BCUT2D eigenvalue weighted by Gasteiger charge is 2.45. The molecule has 0 bridgehead atoms. The Morgan fingerprint density at radius 1 is 1.03 bits per heavy atom. The SMILES string of the molecule is CN(C)CCCN1C(=O)C(=O)/C(=C(\O)c2ccc(OCc3ccccc3)cc2)[C@H]1c1cccnc1. The Hall–Kier alpha value is -3.97. The van der Waals surface area contributed by atoms with Gasteiger partial charge in [-0.3, -0.25) is 14.6 Å². The number of hydrogen-bond donors (Lipinski definition) is 1. The number of aromatic nitrogens is 1. The lowest BCUT2D eigenvalue weighted by molar-refractivity contribution is -0.139. The molecule has 0 unspecified atom stereocenters. The van der Waals surface area contributed by atoms with Gasteiger partial charge in [0.2, 0.25) is 0 Å². The number of aliphatic hydroxyl groups is 1. The first-order valence-electron chi connectivity index (χ1n) is 11.6. The second kappa shape index (κ2) is 11.0. The summed E-state index contributed by atoms with van der Waals surface area (Å²) < 4.78 is 5.82. The fourth-order valence-electron chi connectivity index (χ4n) is 4.16. The van der Waals surface area contributed by atoms with E-state index in [9.17, 15) is 14.7 Å². The molecule has 7 heteroatoms. The van der Waals surface area contributed by atoms with Crippen LogP contribution in [0.4, 0.5) is 0 Å². The molecule has 4 rings (SSSR count). The minimum absolute atomic E-state index is 0.0748. The van der Waals surface area contributed by atoms with Crippen molar-refractivity contribution < 1.29 is 19.4 Å². The summed E-state index contributed by atoms with van der Waals surface area (Å²) in [4.78, 5) is 33.8. The number of rotatable bonds is 9. The second-order valence-corrected chi connectivity index (χ2v) is 8.73. The van der Waals surface area contributed by atoms with E-state index in [1.165, 1.54) is 4.90 Å². The number of Topliss-reactive ketones (excluding diaryl/α,β-unsaturated/α-hetero) is 1. The van der Waals surface area contributed by atoms with Gasteiger partial charge in [0, 0.05) is 24.5 Å². The van der Waals surface area contributed by atoms with Crippen LogP contribution in [0.1, 0.15) is 29.2 Å². The van der Waals surface area contributed by atoms with Crippen molar-refractivity contribution in [2.75, 3.05) is 27.2 Å². The number of carbonyl (C=O) groups excluding carboxylic acids is 2. The molecule has 1 aromatic heterocycles. The van der Waals surface area contributed by atoms with Crippen LogP contribution in [-0.4, -0.2) is 58.8 Å². The third-order valence-corrected chi connectivity index (χ3v) is 5.92. The molecule has 1 N–H and O–H groups in total. The minimum Gasteiger partial charge on any atom is -0.507 e. The number of pyridine rings is 1. The maximum absolute atomic E-state index is 13.1. The van der Waals surface area contributed by atoms with Crippen molar-refractivity contribution in [2.24, 2.45) is 0 Å². The molecule has 1 saturated heterocycles. The van der Waals surface area contributed by atoms with E-state index in [1.807, 2.05) is 55.4 Å². The van der Waals surface area contributed by atoms with Gasteiger partial charge in [-0.05, 0) is 68.5 Å². The zero-order valence-electron chi connectivity index (χ0n) is 19.9. The average Bonchev–Trinajstić information content (AvgIpc) is 3.13. The highest BCUT2D eigenvalue weighted by atomic mass is 16.5. The Morgan fingerprint density at radius 3 is 2.43 bits per heavy atom. The number of ketones is 1. The van der Waals surface area contributed by atoms with Crippen molar-refractivity contribution in [3.63, 3.8) is 0 Å². The Labute approximate surface area is 205 Å². The molecule has 2 aromatic carbocycles. The van der Waals surface area contributed by atoms with Gasteiger partial charge in [0.05, 0.1) is 11.6 Å². The Morgan fingerprint density at radius 2 is 1.77 bits per heavy atom. The second-order valence-electron chi connectivity index (χ2n) is 8.73. The molecule has 0 saturated carbocycles. The zero-order valence-corrected chi connectivity index (χ0v) is 19.9. The maximum Gasteiger partial charge on any atom is 0.295 e. The van der Waals surface area contributed by atoms with Gasteiger partial charge in [0.1, 0.15) is 18.1 Å². The third kappa shape index (κ3) is 5.58. The number of hydrogen-bond acceptors (Lipinski definition) is 6. The van der Waals surface area contributed by atoms with Crippen molar-refractivity contribution in [1.29, 1.82) is 0 Å². The van der Waals surface area contributed by atoms with E-state index in [4.69, 9.17) is 4.74 Å². The summed E-state index contributed by atoms with van der Waals surface area (Å²) in [5, 5.41) is 11.2. The van der Waals surface area contributed by atoms with Crippen LogP contribution in [0.15, 0.2) is 84.7 Å². The number of likely N-dealkylation sites (tertiary alicyclic amines) is 1. The fraction of sp³-hybridized carbons (Fsp3) is 0.250. The lowest BCUT2D eigenvalue weighted by Gasteiger charge is -2.25. The molecule has 1 aliphatic rings. The molecule has 7 nitrogen and oxygen atoms in total. The van der Waals surface area contributed by atoms with Gasteiger partial charge in [0.25, 0.3) is 11.7 Å². The molecule has 35 heavy (non-hydrogen) atoms. The van der Waals surface area contributed by atoms with E-state index in [1.54, 1.807) is 42.7 Å². The van der Waals surface area contributed by atoms with Gasteiger partial charge in [-0.15, -0.1) is 0 Å². The molecule has 3 aromatic rings. The Bertz CT molecular complexity index is 1190. The van der Waals surface area contributed by atoms with E-state index in [2.05, 4.69) is 4.98 Å². The predicted octanol–water partition coefficient (Wildman–Crippen LogP) is 4.03. The molecule has 1 aliphatic heterocycles. The van der Waals surface area contributed by atoms with Crippen LogP contribution < -0.4 is 4.74 Å².